The number of aliphatic hydroxyl groups is 1. The fourth-order valence-corrected chi connectivity index (χ4v) is 2.49. The summed E-state index contributed by atoms with van der Waals surface area (Å²) in [5, 5.41) is 16.4. The Hall–Kier alpha value is -1.50. The maximum absolute atomic E-state index is 11.6. The predicted molar refractivity (Wildman–Crippen MR) is 76.3 cm³/mol. The summed E-state index contributed by atoms with van der Waals surface area (Å²) in [6.45, 7) is 1.47. The molecular formula is C15H21N3O3. The predicted octanol–water partition coefficient (Wildman–Crippen LogP) is -0.174. The molecule has 1 aliphatic heterocycles. The number of hydrogen-bond acceptors (Lipinski definition) is 5. The quantitative estimate of drug-likeness (QED) is 0.677. The molecule has 21 heavy (non-hydrogen) atoms. The highest BCUT2D eigenvalue weighted by Gasteiger charge is 2.37. The fourth-order valence-electron chi connectivity index (χ4n) is 2.49. The van der Waals surface area contributed by atoms with Crippen LogP contribution in [0.5, 0.6) is 0 Å². The van der Waals surface area contributed by atoms with Crippen molar-refractivity contribution in [3.8, 4) is 0 Å². The highest BCUT2D eigenvalue weighted by Crippen LogP contribution is 2.28. The molecule has 1 aliphatic carbocycles. The van der Waals surface area contributed by atoms with E-state index >= 15 is 0 Å². The van der Waals surface area contributed by atoms with Gasteiger partial charge in [0, 0.05) is 31.4 Å². The van der Waals surface area contributed by atoms with Crippen LogP contribution >= 0.6 is 0 Å². The van der Waals surface area contributed by atoms with E-state index < -0.39 is 6.10 Å². The van der Waals surface area contributed by atoms with E-state index in [-0.39, 0.29) is 24.0 Å². The van der Waals surface area contributed by atoms with Crippen LogP contribution in [0.4, 0.5) is 0 Å². The first-order valence-corrected chi connectivity index (χ1v) is 7.43. The minimum Gasteiger partial charge on any atom is -0.389 e. The lowest BCUT2D eigenvalue weighted by Gasteiger charge is -2.18. The molecule has 1 saturated carbocycles. The van der Waals surface area contributed by atoms with Crippen LogP contribution in [0.25, 0.3) is 0 Å². The number of amides is 1. The van der Waals surface area contributed by atoms with Gasteiger partial charge in [0.25, 0.3) is 0 Å². The van der Waals surface area contributed by atoms with Crippen molar-refractivity contribution in [2.75, 3.05) is 13.2 Å². The first-order chi connectivity index (χ1) is 10.2. The zero-order chi connectivity index (χ0) is 14.7. The summed E-state index contributed by atoms with van der Waals surface area (Å²) >= 11 is 0. The summed E-state index contributed by atoms with van der Waals surface area (Å²) in [7, 11) is 0. The zero-order valence-electron chi connectivity index (χ0n) is 11.9. The highest BCUT2D eigenvalue weighted by atomic mass is 16.5. The van der Waals surface area contributed by atoms with Crippen LogP contribution in [0.1, 0.15) is 18.4 Å². The van der Waals surface area contributed by atoms with Gasteiger partial charge in [-0.2, -0.15) is 0 Å². The number of carbonyl (C=O) groups excluding carboxylic acids is 1. The molecule has 0 unspecified atom stereocenters. The Bertz CT molecular complexity index is 478. The van der Waals surface area contributed by atoms with Gasteiger partial charge in [0.15, 0.2) is 0 Å². The molecule has 0 bridgehead atoms. The largest absolute Gasteiger partial charge is 0.389 e. The maximum atomic E-state index is 11.6. The zero-order valence-corrected chi connectivity index (χ0v) is 11.9. The van der Waals surface area contributed by atoms with Gasteiger partial charge < -0.3 is 20.5 Å². The number of nitrogens with zero attached hydrogens (tertiary/aromatic N) is 1. The number of aliphatic hydroxyl groups excluding tert-OH is 1. The molecular weight excluding hydrogens is 270 g/mol. The summed E-state index contributed by atoms with van der Waals surface area (Å²) < 4.78 is 5.57. The molecule has 114 valence electrons. The lowest BCUT2D eigenvalue weighted by molar-refractivity contribution is -0.123. The summed E-state index contributed by atoms with van der Waals surface area (Å²) in [6.07, 6.45) is 4.54. The Morgan fingerprint density at radius 1 is 1.48 bits per heavy atom. The van der Waals surface area contributed by atoms with Crippen LogP contribution in [-0.4, -0.2) is 47.4 Å². The van der Waals surface area contributed by atoms with Gasteiger partial charge >= 0.3 is 0 Å². The number of carbonyl (C=O) groups is 1. The first-order valence-electron chi connectivity index (χ1n) is 7.43. The van der Waals surface area contributed by atoms with Crippen molar-refractivity contribution in [1.82, 2.24) is 15.6 Å². The summed E-state index contributed by atoms with van der Waals surface area (Å²) in [5.41, 5.74) is 1.06. The molecule has 3 N–H and O–H groups in total. The number of ether oxygens (including phenoxy) is 1. The lowest BCUT2D eigenvalue weighted by atomic mass is 10.1. The van der Waals surface area contributed by atoms with E-state index in [4.69, 9.17) is 4.74 Å². The van der Waals surface area contributed by atoms with Gasteiger partial charge in [-0.05, 0) is 24.5 Å². The molecule has 2 heterocycles. The fraction of sp³-hybridized carbons (Fsp3) is 0.600. The SMILES string of the molecule is O=C(NC[C@H]1OC[C@@H](NCc2cccnc2)[C@@H]1O)C1CC1. The molecule has 6 heteroatoms. The second kappa shape index (κ2) is 6.51. The Kier molecular flexibility index (Phi) is 4.48. The number of nitrogens with one attached hydrogen (secondary N) is 2. The van der Waals surface area contributed by atoms with Crippen molar-refractivity contribution in [1.29, 1.82) is 0 Å². The van der Waals surface area contributed by atoms with Gasteiger partial charge in [-0.15, -0.1) is 0 Å². The number of rotatable bonds is 6. The van der Waals surface area contributed by atoms with Crippen molar-refractivity contribution in [2.45, 2.75) is 37.6 Å². The molecule has 1 amide bonds. The van der Waals surface area contributed by atoms with Crippen LogP contribution in [0.2, 0.25) is 0 Å². The third kappa shape index (κ3) is 3.78. The number of aromatic nitrogens is 1. The number of hydrogen-bond donors (Lipinski definition) is 3. The van der Waals surface area contributed by atoms with Gasteiger partial charge in [-0.3, -0.25) is 9.78 Å². The Balaban J connectivity index is 1.42. The first kappa shape index (κ1) is 14.4. The van der Waals surface area contributed by atoms with E-state index in [0.29, 0.717) is 19.7 Å². The molecule has 0 aromatic carbocycles. The van der Waals surface area contributed by atoms with E-state index in [9.17, 15) is 9.90 Å². The summed E-state index contributed by atoms with van der Waals surface area (Å²) in [5.74, 6) is 0.264. The second-order valence-electron chi connectivity index (χ2n) is 5.73. The molecule has 1 saturated heterocycles. The minimum atomic E-state index is -0.610. The van der Waals surface area contributed by atoms with Crippen LogP contribution in [0.3, 0.4) is 0 Å². The van der Waals surface area contributed by atoms with Gasteiger partial charge in [0.2, 0.25) is 5.91 Å². The topological polar surface area (TPSA) is 83.5 Å². The van der Waals surface area contributed by atoms with Crippen molar-refractivity contribution in [3.63, 3.8) is 0 Å². The van der Waals surface area contributed by atoms with E-state index in [1.807, 2.05) is 12.1 Å². The van der Waals surface area contributed by atoms with Gasteiger partial charge in [0.05, 0.1) is 18.8 Å². The summed E-state index contributed by atoms with van der Waals surface area (Å²) in [4.78, 5) is 15.6. The Labute approximate surface area is 123 Å². The monoisotopic (exact) mass is 291 g/mol. The van der Waals surface area contributed by atoms with Gasteiger partial charge in [-0.25, -0.2) is 0 Å². The molecule has 3 rings (SSSR count). The van der Waals surface area contributed by atoms with Gasteiger partial charge in [-0.1, -0.05) is 6.07 Å². The van der Waals surface area contributed by atoms with Crippen molar-refractivity contribution in [2.24, 2.45) is 5.92 Å². The molecule has 1 aromatic rings. The Morgan fingerprint density at radius 2 is 2.33 bits per heavy atom. The van der Waals surface area contributed by atoms with E-state index in [0.717, 1.165) is 18.4 Å². The molecule has 2 fully saturated rings. The molecule has 0 spiro atoms. The van der Waals surface area contributed by atoms with E-state index in [2.05, 4.69) is 15.6 Å². The second-order valence-corrected chi connectivity index (χ2v) is 5.73. The average Bonchev–Trinajstić information content (AvgIpc) is 3.30. The molecule has 0 radical (unpaired) electrons. The molecule has 1 aromatic heterocycles. The smallest absolute Gasteiger partial charge is 0.223 e. The van der Waals surface area contributed by atoms with E-state index in [1.54, 1.807) is 12.4 Å². The van der Waals surface area contributed by atoms with Crippen LogP contribution in [0, 0.1) is 5.92 Å². The summed E-state index contributed by atoms with van der Waals surface area (Å²) in [6, 6.07) is 3.75. The van der Waals surface area contributed by atoms with Crippen molar-refractivity contribution in [3.05, 3.63) is 30.1 Å². The van der Waals surface area contributed by atoms with Gasteiger partial charge in [0.1, 0.15) is 6.10 Å². The van der Waals surface area contributed by atoms with Crippen LogP contribution in [-0.2, 0) is 16.1 Å². The van der Waals surface area contributed by atoms with Crippen LogP contribution < -0.4 is 10.6 Å². The average molecular weight is 291 g/mol. The standard InChI is InChI=1S/C15H21N3O3/c19-14-12(17-7-10-2-1-5-16-6-10)9-21-13(14)8-18-15(20)11-3-4-11/h1-2,5-6,11-14,17,19H,3-4,7-9H2,(H,18,20)/t12-,13-,14+/m1/s1. The molecule has 3 atom stereocenters. The normalized spacial score (nSPS) is 28.5. The maximum Gasteiger partial charge on any atom is 0.223 e. The highest BCUT2D eigenvalue weighted by molar-refractivity contribution is 5.80. The molecule has 6 nitrogen and oxygen atoms in total. The third-order valence-electron chi connectivity index (χ3n) is 4.00. The number of pyridine rings is 1. The van der Waals surface area contributed by atoms with E-state index in [1.165, 1.54) is 0 Å². The molecule has 2 aliphatic rings. The third-order valence-corrected chi connectivity index (χ3v) is 4.00. The Morgan fingerprint density at radius 3 is 3.05 bits per heavy atom. The van der Waals surface area contributed by atoms with Crippen molar-refractivity contribution >= 4 is 5.91 Å². The van der Waals surface area contributed by atoms with Crippen LogP contribution in [0.15, 0.2) is 24.5 Å². The lowest BCUT2D eigenvalue weighted by Crippen LogP contribution is -2.44. The van der Waals surface area contributed by atoms with Crippen molar-refractivity contribution < 1.29 is 14.6 Å². The minimum absolute atomic E-state index is 0.0811.